The summed E-state index contributed by atoms with van der Waals surface area (Å²) in [7, 11) is 0. The number of nitrogens with one attached hydrogen (secondary N) is 1. The summed E-state index contributed by atoms with van der Waals surface area (Å²) in [6, 6.07) is 20.5. The fraction of sp³-hybridized carbons (Fsp3) is 0.182. The summed E-state index contributed by atoms with van der Waals surface area (Å²) in [6.07, 6.45) is 1.68. The first-order chi connectivity index (χ1) is 13.2. The number of ether oxygens (including phenoxy) is 1. The zero-order valence-corrected chi connectivity index (χ0v) is 15.0. The number of pyridine rings is 1. The van der Waals surface area contributed by atoms with Crippen LogP contribution in [0.3, 0.4) is 0 Å². The van der Waals surface area contributed by atoms with Gasteiger partial charge in [-0.15, -0.1) is 0 Å². The van der Waals surface area contributed by atoms with Crippen molar-refractivity contribution in [1.82, 2.24) is 4.98 Å². The standard InChI is InChI=1S/C22H21FN2O2/c1-2-27-22(26)20(16-8-4-3-5-9-16)21(19-10-6-7-15-24-19)25-18-13-11-17(23)12-14-18/h3-15,20-21,25H,2H2,1H3/t20-,21-/m1/s1. The van der Waals surface area contributed by atoms with Crippen LogP contribution in [0.2, 0.25) is 0 Å². The number of hydrogen-bond donors (Lipinski definition) is 1. The molecule has 3 aromatic rings. The highest BCUT2D eigenvalue weighted by molar-refractivity contribution is 5.80. The third-order valence-corrected chi connectivity index (χ3v) is 4.21. The molecule has 2 aromatic carbocycles. The minimum Gasteiger partial charge on any atom is -0.465 e. The number of nitrogens with zero attached hydrogens (tertiary/aromatic N) is 1. The first-order valence-corrected chi connectivity index (χ1v) is 8.83. The number of carbonyl (C=O) groups excluding carboxylic acids is 1. The Morgan fingerprint density at radius 1 is 1.04 bits per heavy atom. The number of rotatable bonds is 7. The van der Waals surface area contributed by atoms with Gasteiger partial charge in [-0.05, 0) is 48.9 Å². The van der Waals surface area contributed by atoms with Crippen molar-refractivity contribution in [1.29, 1.82) is 0 Å². The van der Waals surface area contributed by atoms with Crippen molar-refractivity contribution in [3.05, 3.63) is 96.1 Å². The number of anilines is 1. The molecule has 0 spiro atoms. The molecule has 1 N–H and O–H groups in total. The van der Waals surface area contributed by atoms with Gasteiger partial charge in [0.05, 0.1) is 18.3 Å². The minimum absolute atomic E-state index is 0.285. The Kier molecular flexibility index (Phi) is 6.15. The lowest BCUT2D eigenvalue weighted by Crippen LogP contribution is -2.28. The van der Waals surface area contributed by atoms with E-state index in [-0.39, 0.29) is 18.4 Å². The van der Waals surface area contributed by atoms with Gasteiger partial charge in [-0.1, -0.05) is 36.4 Å². The summed E-state index contributed by atoms with van der Waals surface area (Å²) in [6.45, 7) is 2.07. The van der Waals surface area contributed by atoms with Gasteiger partial charge in [-0.2, -0.15) is 0 Å². The smallest absolute Gasteiger partial charge is 0.315 e. The van der Waals surface area contributed by atoms with Crippen LogP contribution in [-0.2, 0) is 9.53 Å². The van der Waals surface area contributed by atoms with Crippen LogP contribution in [0.4, 0.5) is 10.1 Å². The SMILES string of the molecule is CCOC(=O)[C@H](c1ccccc1)[C@H](Nc1ccc(F)cc1)c1ccccn1. The van der Waals surface area contributed by atoms with Crippen molar-refractivity contribution in [2.24, 2.45) is 0 Å². The second kappa shape index (κ2) is 8.94. The van der Waals surface area contributed by atoms with Gasteiger partial charge in [-0.25, -0.2) is 4.39 Å². The second-order valence-electron chi connectivity index (χ2n) is 6.02. The van der Waals surface area contributed by atoms with Gasteiger partial charge >= 0.3 is 5.97 Å². The van der Waals surface area contributed by atoms with Crippen molar-refractivity contribution in [2.75, 3.05) is 11.9 Å². The molecule has 27 heavy (non-hydrogen) atoms. The Balaban J connectivity index is 2.04. The Morgan fingerprint density at radius 3 is 2.37 bits per heavy atom. The molecule has 0 radical (unpaired) electrons. The zero-order valence-electron chi connectivity index (χ0n) is 15.0. The first-order valence-electron chi connectivity index (χ1n) is 8.83. The molecular weight excluding hydrogens is 343 g/mol. The third kappa shape index (κ3) is 4.70. The third-order valence-electron chi connectivity index (χ3n) is 4.21. The van der Waals surface area contributed by atoms with E-state index in [9.17, 15) is 9.18 Å². The molecule has 1 aromatic heterocycles. The Morgan fingerprint density at radius 2 is 1.74 bits per heavy atom. The zero-order chi connectivity index (χ0) is 19.1. The summed E-state index contributed by atoms with van der Waals surface area (Å²) in [5.41, 5.74) is 2.21. The number of halogens is 1. The van der Waals surface area contributed by atoms with Crippen LogP contribution in [-0.4, -0.2) is 17.6 Å². The predicted molar refractivity (Wildman–Crippen MR) is 103 cm³/mol. The van der Waals surface area contributed by atoms with Gasteiger partial charge in [0.2, 0.25) is 0 Å². The summed E-state index contributed by atoms with van der Waals surface area (Å²) >= 11 is 0. The van der Waals surface area contributed by atoms with Crippen molar-refractivity contribution in [3.63, 3.8) is 0 Å². The molecule has 2 atom stereocenters. The fourth-order valence-electron chi connectivity index (χ4n) is 2.97. The molecule has 0 saturated carbocycles. The lowest BCUT2D eigenvalue weighted by atomic mass is 9.88. The molecule has 0 aliphatic carbocycles. The van der Waals surface area contributed by atoms with Gasteiger partial charge in [0.25, 0.3) is 0 Å². The molecule has 1 heterocycles. The quantitative estimate of drug-likeness (QED) is 0.616. The van der Waals surface area contributed by atoms with Crippen molar-refractivity contribution in [2.45, 2.75) is 18.9 Å². The number of esters is 1. The van der Waals surface area contributed by atoms with Crippen LogP contribution in [0.5, 0.6) is 0 Å². The maximum Gasteiger partial charge on any atom is 0.315 e. The molecule has 0 unspecified atom stereocenters. The van der Waals surface area contributed by atoms with Gasteiger partial charge < -0.3 is 10.1 Å². The number of carbonyl (C=O) groups is 1. The molecule has 138 valence electrons. The van der Waals surface area contributed by atoms with Gasteiger partial charge in [0, 0.05) is 11.9 Å². The van der Waals surface area contributed by atoms with Crippen LogP contribution in [0.15, 0.2) is 79.0 Å². The predicted octanol–water partition coefficient (Wildman–Crippen LogP) is 4.72. The average Bonchev–Trinajstić information content (AvgIpc) is 2.71. The van der Waals surface area contributed by atoms with E-state index in [1.165, 1.54) is 12.1 Å². The number of aromatic nitrogens is 1. The van der Waals surface area contributed by atoms with Gasteiger partial charge in [-0.3, -0.25) is 9.78 Å². The highest BCUT2D eigenvalue weighted by atomic mass is 19.1. The van der Waals surface area contributed by atoms with Crippen LogP contribution >= 0.6 is 0 Å². The monoisotopic (exact) mass is 364 g/mol. The molecule has 4 nitrogen and oxygen atoms in total. The lowest BCUT2D eigenvalue weighted by Gasteiger charge is -2.27. The summed E-state index contributed by atoms with van der Waals surface area (Å²) in [4.78, 5) is 17.3. The maximum absolute atomic E-state index is 13.3. The molecule has 0 aliphatic heterocycles. The van der Waals surface area contributed by atoms with E-state index < -0.39 is 12.0 Å². The Hall–Kier alpha value is -3.21. The largest absolute Gasteiger partial charge is 0.465 e. The number of hydrogen-bond acceptors (Lipinski definition) is 4. The second-order valence-corrected chi connectivity index (χ2v) is 6.02. The highest BCUT2D eigenvalue weighted by Crippen LogP contribution is 2.34. The minimum atomic E-state index is -0.605. The Labute approximate surface area is 158 Å². The van der Waals surface area contributed by atoms with E-state index in [1.54, 1.807) is 25.3 Å². The lowest BCUT2D eigenvalue weighted by molar-refractivity contribution is -0.145. The highest BCUT2D eigenvalue weighted by Gasteiger charge is 2.33. The molecular formula is C22H21FN2O2. The Bertz CT molecular complexity index is 855. The average molecular weight is 364 g/mol. The topological polar surface area (TPSA) is 51.2 Å². The number of benzene rings is 2. The first kappa shape index (κ1) is 18.6. The van der Waals surface area contributed by atoms with Crippen molar-refractivity contribution < 1.29 is 13.9 Å². The molecule has 5 heteroatoms. The summed E-state index contributed by atoms with van der Waals surface area (Å²) in [5.74, 6) is -1.26. The van der Waals surface area contributed by atoms with Crippen molar-refractivity contribution in [3.8, 4) is 0 Å². The van der Waals surface area contributed by atoms with Gasteiger partial charge in [0.1, 0.15) is 11.7 Å². The van der Waals surface area contributed by atoms with E-state index in [4.69, 9.17) is 4.74 Å². The van der Waals surface area contributed by atoms with Crippen LogP contribution < -0.4 is 5.32 Å². The molecule has 0 bridgehead atoms. The van der Waals surface area contributed by atoms with Crippen LogP contribution in [0.1, 0.15) is 30.1 Å². The molecule has 3 rings (SSSR count). The summed E-state index contributed by atoms with van der Waals surface area (Å²) < 4.78 is 18.6. The molecule has 0 saturated heterocycles. The molecule has 0 fully saturated rings. The summed E-state index contributed by atoms with van der Waals surface area (Å²) in [5, 5.41) is 3.33. The normalized spacial score (nSPS) is 12.8. The van der Waals surface area contributed by atoms with Crippen molar-refractivity contribution >= 4 is 11.7 Å². The molecule has 0 aliphatic rings. The molecule has 0 amide bonds. The van der Waals surface area contributed by atoms with E-state index in [0.29, 0.717) is 11.4 Å². The van der Waals surface area contributed by atoms with E-state index in [2.05, 4.69) is 10.3 Å². The van der Waals surface area contributed by atoms with E-state index in [1.807, 2.05) is 48.5 Å². The fourth-order valence-corrected chi connectivity index (χ4v) is 2.97. The van der Waals surface area contributed by atoms with E-state index in [0.717, 1.165) is 5.56 Å². The van der Waals surface area contributed by atoms with Gasteiger partial charge in [0.15, 0.2) is 0 Å². The van der Waals surface area contributed by atoms with Crippen LogP contribution in [0.25, 0.3) is 0 Å². The van der Waals surface area contributed by atoms with E-state index >= 15 is 0 Å². The maximum atomic E-state index is 13.3. The van der Waals surface area contributed by atoms with Crippen LogP contribution in [0, 0.1) is 5.82 Å².